The molecule has 0 aromatic carbocycles. The van der Waals surface area contributed by atoms with Crippen molar-refractivity contribution in [2.75, 3.05) is 0 Å². The molecule has 1 rings (SSSR count). The van der Waals surface area contributed by atoms with Crippen molar-refractivity contribution in [3.05, 3.63) is 23.8 Å². The van der Waals surface area contributed by atoms with Crippen LogP contribution in [0.4, 0.5) is 0 Å². The Morgan fingerprint density at radius 1 is 1.58 bits per heavy atom. The maximum atomic E-state index is 11.4. The summed E-state index contributed by atoms with van der Waals surface area (Å²) in [5, 5.41) is 0. The van der Waals surface area contributed by atoms with Crippen LogP contribution in [0.1, 0.15) is 13.3 Å². The lowest BCUT2D eigenvalue weighted by Gasteiger charge is -2.19. The Balaban J connectivity index is 3.03. The third-order valence-electron chi connectivity index (χ3n) is 1.83. The lowest BCUT2D eigenvalue weighted by molar-refractivity contribution is -0.121. The van der Waals surface area contributed by atoms with Crippen LogP contribution in [-0.2, 0) is 9.59 Å². The molecule has 0 aromatic heterocycles. The van der Waals surface area contributed by atoms with E-state index >= 15 is 0 Å². The van der Waals surface area contributed by atoms with Crippen molar-refractivity contribution in [1.82, 2.24) is 0 Å². The number of rotatable bonds is 0. The van der Waals surface area contributed by atoms with Crippen molar-refractivity contribution in [3.8, 4) is 0 Å². The minimum Gasteiger partial charge on any atom is -0.294 e. The van der Waals surface area contributed by atoms with Gasteiger partial charge in [-0.1, -0.05) is 35.2 Å². The van der Waals surface area contributed by atoms with Crippen molar-refractivity contribution in [3.63, 3.8) is 0 Å². The first kappa shape index (κ1) is 9.64. The Morgan fingerprint density at radius 3 is 2.67 bits per heavy atom. The number of hydrogen-bond acceptors (Lipinski definition) is 2. The standard InChI is InChI=1S/C9H9IO2/c1-3-6-7(11)4-5(2)8(10)9(6)12/h3,8H,2,4H2,1H3/b6-3+. The highest BCUT2D eigenvalue weighted by molar-refractivity contribution is 14.1. The van der Waals surface area contributed by atoms with Crippen LogP contribution in [-0.4, -0.2) is 15.5 Å². The molecular weight excluding hydrogens is 267 g/mol. The van der Waals surface area contributed by atoms with Gasteiger partial charge in [0.1, 0.15) is 0 Å². The summed E-state index contributed by atoms with van der Waals surface area (Å²) in [6.07, 6.45) is 1.90. The third-order valence-corrected chi connectivity index (χ3v) is 3.28. The molecule has 0 saturated heterocycles. The van der Waals surface area contributed by atoms with Crippen LogP contribution in [0.5, 0.6) is 0 Å². The van der Waals surface area contributed by atoms with Gasteiger partial charge in [-0.3, -0.25) is 9.59 Å². The van der Waals surface area contributed by atoms with Gasteiger partial charge in [0.15, 0.2) is 11.6 Å². The first-order valence-electron chi connectivity index (χ1n) is 3.63. The number of allylic oxidation sites excluding steroid dienone is 3. The van der Waals surface area contributed by atoms with Gasteiger partial charge in [-0.05, 0) is 12.5 Å². The van der Waals surface area contributed by atoms with Gasteiger partial charge in [0.2, 0.25) is 0 Å². The molecule has 0 N–H and O–H groups in total. The van der Waals surface area contributed by atoms with E-state index in [0.717, 1.165) is 5.57 Å². The zero-order valence-electron chi connectivity index (χ0n) is 6.76. The van der Waals surface area contributed by atoms with Gasteiger partial charge < -0.3 is 0 Å². The highest BCUT2D eigenvalue weighted by atomic mass is 127. The van der Waals surface area contributed by atoms with E-state index < -0.39 is 0 Å². The van der Waals surface area contributed by atoms with E-state index in [1.807, 2.05) is 22.6 Å². The zero-order chi connectivity index (χ0) is 9.30. The number of halogens is 1. The van der Waals surface area contributed by atoms with Gasteiger partial charge in [-0.15, -0.1) is 0 Å². The molecule has 0 radical (unpaired) electrons. The Hall–Kier alpha value is -0.450. The fraction of sp³-hybridized carbons (Fsp3) is 0.333. The zero-order valence-corrected chi connectivity index (χ0v) is 8.92. The number of hydrogen-bond donors (Lipinski definition) is 0. The largest absolute Gasteiger partial charge is 0.294 e. The molecule has 1 aliphatic rings. The van der Waals surface area contributed by atoms with Crippen molar-refractivity contribution < 1.29 is 9.59 Å². The van der Waals surface area contributed by atoms with Gasteiger partial charge in [0, 0.05) is 6.42 Å². The van der Waals surface area contributed by atoms with Crippen molar-refractivity contribution in [2.45, 2.75) is 17.3 Å². The molecule has 12 heavy (non-hydrogen) atoms. The van der Waals surface area contributed by atoms with Crippen molar-refractivity contribution >= 4 is 34.2 Å². The van der Waals surface area contributed by atoms with E-state index in [4.69, 9.17) is 0 Å². The molecule has 0 aromatic rings. The number of Topliss-reactive ketones (excluding diaryl/α,β-unsaturated/α-hetero) is 2. The molecule has 3 heteroatoms. The second-order valence-corrected chi connectivity index (χ2v) is 3.93. The summed E-state index contributed by atoms with van der Waals surface area (Å²) >= 11 is 2.02. The van der Waals surface area contributed by atoms with Crippen LogP contribution in [0.15, 0.2) is 23.8 Å². The van der Waals surface area contributed by atoms with E-state index in [1.54, 1.807) is 13.0 Å². The second-order valence-electron chi connectivity index (χ2n) is 2.69. The Bertz CT molecular complexity index is 289. The Labute approximate surface area is 84.9 Å². The van der Waals surface area contributed by atoms with Crippen molar-refractivity contribution in [2.24, 2.45) is 0 Å². The molecule has 1 unspecified atom stereocenters. The summed E-state index contributed by atoms with van der Waals surface area (Å²) in [6.45, 7) is 5.40. The minimum absolute atomic E-state index is 0.0968. The predicted octanol–water partition coefficient (Wildman–Crippen LogP) is 1.83. The maximum Gasteiger partial charge on any atom is 0.182 e. The van der Waals surface area contributed by atoms with E-state index in [9.17, 15) is 9.59 Å². The number of carbonyl (C=O) groups is 2. The van der Waals surface area contributed by atoms with E-state index in [1.165, 1.54) is 0 Å². The molecule has 0 heterocycles. The summed E-state index contributed by atoms with van der Waals surface area (Å²) in [4.78, 5) is 22.7. The van der Waals surface area contributed by atoms with Gasteiger partial charge in [0.25, 0.3) is 0 Å². The number of alkyl halides is 1. The normalized spacial score (nSPS) is 28.3. The molecule has 1 fully saturated rings. The quantitative estimate of drug-likeness (QED) is 0.222. The first-order chi connectivity index (χ1) is 5.57. The molecule has 0 aliphatic heterocycles. The van der Waals surface area contributed by atoms with Crippen LogP contribution in [0.25, 0.3) is 0 Å². The average Bonchev–Trinajstić information content (AvgIpc) is 2.01. The van der Waals surface area contributed by atoms with Gasteiger partial charge in [0.05, 0.1) is 9.50 Å². The molecular formula is C9H9IO2. The fourth-order valence-corrected chi connectivity index (χ4v) is 1.71. The summed E-state index contributed by atoms with van der Waals surface area (Å²) < 4.78 is -0.216. The Kier molecular flexibility index (Phi) is 2.82. The van der Waals surface area contributed by atoms with Gasteiger partial charge >= 0.3 is 0 Å². The first-order valence-corrected chi connectivity index (χ1v) is 4.88. The molecule has 1 atom stereocenters. The summed E-state index contributed by atoms with van der Waals surface area (Å²) in [5.41, 5.74) is 1.05. The van der Waals surface area contributed by atoms with Crippen LogP contribution in [0, 0.1) is 0 Å². The van der Waals surface area contributed by atoms with Crippen LogP contribution in [0.2, 0.25) is 0 Å². The highest BCUT2D eigenvalue weighted by Gasteiger charge is 2.32. The monoisotopic (exact) mass is 276 g/mol. The van der Waals surface area contributed by atoms with Gasteiger partial charge in [-0.25, -0.2) is 0 Å². The van der Waals surface area contributed by atoms with Crippen molar-refractivity contribution in [1.29, 1.82) is 0 Å². The van der Waals surface area contributed by atoms with E-state index in [0.29, 0.717) is 12.0 Å². The van der Waals surface area contributed by atoms with Crippen LogP contribution in [0.3, 0.4) is 0 Å². The fourth-order valence-electron chi connectivity index (χ4n) is 1.15. The lowest BCUT2D eigenvalue weighted by Crippen LogP contribution is -2.29. The molecule has 0 amide bonds. The van der Waals surface area contributed by atoms with Crippen LogP contribution < -0.4 is 0 Å². The number of carbonyl (C=O) groups excluding carboxylic acids is 2. The summed E-state index contributed by atoms with van der Waals surface area (Å²) in [6, 6.07) is 0. The predicted molar refractivity (Wildman–Crippen MR) is 55.3 cm³/mol. The highest BCUT2D eigenvalue weighted by Crippen LogP contribution is 2.26. The minimum atomic E-state index is -0.216. The van der Waals surface area contributed by atoms with E-state index in [2.05, 4.69) is 6.58 Å². The molecule has 0 spiro atoms. The molecule has 1 aliphatic carbocycles. The lowest BCUT2D eigenvalue weighted by atomic mass is 9.89. The molecule has 64 valence electrons. The molecule has 1 saturated carbocycles. The van der Waals surface area contributed by atoms with Crippen LogP contribution >= 0.6 is 22.6 Å². The van der Waals surface area contributed by atoms with Gasteiger partial charge in [-0.2, -0.15) is 0 Å². The number of ketones is 2. The molecule has 2 nitrogen and oxygen atoms in total. The topological polar surface area (TPSA) is 34.1 Å². The SMILES string of the molecule is C=C1CC(=O)/C(=C\C)C(=O)C1I. The second kappa shape index (κ2) is 3.51. The summed E-state index contributed by atoms with van der Waals surface area (Å²) in [5.74, 6) is -0.195. The van der Waals surface area contributed by atoms with E-state index in [-0.39, 0.29) is 15.5 Å². The molecule has 0 bridgehead atoms. The Morgan fingerprint density at radius 2 is 2.17 bits per heavy atom. The average molecular weight is 276 g/mol. The summed E-state index contributed by atoms with van der Waals surface area (Å²) in [7, 11) is 0. The smallest absolute Gasteiger partial charge is 0.182 e. The maximum absolute atomic E-state index is 11.4. The third kappa shape index (κ3) is 1.50.